The molecule has 302 valence electrons. The van der Waals surface area contributed by atoms with E-state index in [-0.39, 0.29) is 12.5 Å². The standard InChI is InChI=1S/C49H83NO3/c1-3-5-7-9-11-13-15-17-19-21-23-25-27-29-31-33-35-37-39-41-43-45-49(53)50-47(46-51)48(52)44-42-40-38-36-34-32-30-28-26-24-22-20-18-16-14-12-10-8-6-4-2/h5,7,11,13,17,19,23,25,29,31,34-37,42,44,47-48,51-52H,3-4,6,8-10,12,14-16,18,20-22,24,26-28,30,32-33,38-41,43,45-46H2,1-2H3,(H,50,53)/b7-5-,13-11-,19-17-,25-23-,31-29-,36-34+,37-35-,44-42+. The van der Waals surface area contributed by atoms with Crippen LogP contribution in [-0.4, -0.2) is 34.9 Å². The summed E-state index contributed by atoms with van der Waals surface area (Å²) in [5.74, 6) is -0.120. The maximum absolute atomic E-state index is 12.4. The van der Waals surface area contributed by atoms with Crippen LogP contribution < -0.4 is 5.32 Å². The molecule has 0 spiro atoms. The van der Waals surface area contributed by atoms with Crippen molar-refractivity contribution in [1.82, 2.24) is 5.32 Å². The number of amides is 1. The van der Waals surface area contributed by atoms with Gasteiger partial charge in [0.05, 0.1) is 18.8 Å². The van der Waals surface area contributed by atoms with Crippen LogP contribution in [0.15, 0.2) is 97.2 Å². The Morgan fingerprint density at radius 2 is 0.849 bits per heavy atom. The van der Waals surface area contributed by atoms with Gasteiger partial charge in [-0.25, -0.2) is 0 Å². The predicted octanol–water partition coefficient (Wildman–Crippen LogP) is 13.8. The number of aliphatic hydroxyl groups is 2. The van der Waals surface area contributed by atoms with Crippen molar-refractivity contribution >= 4 is 5.91 Å². The molecule has 0 radical (unpaired) electrons. The van der Waals surface area contributed by atoms with E-state index in [0.29, 0.717) is 6.42 Å². The molecule has 0 aromatic heterocycles. The van der Waals surface area contributed by atoms with Gasteiger partial charge >= 0.3 is 0 Å². The highest BCUT2D eigenvalue weighted by molar-refractivity contribution is 5.76. The highest BCUT2D eigenvalue weighted by atomic mass is 16.3. The third kappa shape index (κ3) is 40.3. The molecule has 3 N–H and O–H groups in total. The van der Waals surface area contributed by atoms with Crippen molar-refractivity contribution in [1.29, 1.82) is 0 Å². The Labute approximate surface area is 328 Å². The molecule has 0 rings (SSSR count). The molecule has 0 aliphatic rings. The first-order valence-electron chi connectivity index (χ1n) is 22.0. The van der Waals surface area contributed by atoms with E-state index in [4.69, 9.17) is 0 Å². The fraction of sp³-hybridized carbons (Fsp3) is 0.653. The number of hydrogen-bond donors (Lipinski definition) is 3. The highest BCUT2D eigenvalue weighted by Gasteiger charge is 2.17. The summed E-state index contributed by atoms with van der Waals surface area (Å²) in [7, 11) is 0. The number of carbonyl (C=O) groups excluding carboxylic acids is 1. The van der Waals surface area contributed by atoms with E-state index in [1.54, 1.807) is 6.08 Å². The Kier molecular flexibility index (Phi) is 41.5. The molecule has 0 aromatic rings. The minimum atomic E-state index is -0.887. The zero-order chi connectivity index (χ0) is 38.6. The molecule has 1 amide bonds. The highest BCUT2D eigenvalue weighted by Crippen LogP contribution is 2.14. The molecule has 0 saturated carbocycles. The van der Waals surface area contributed by atoms with E-state index in [2.05, 4.69) is 104 Å². The molecular formula is C49H83NO3. The number of aliphatic hydroxyl groups excluding tert-OH is 2. The van der Waals surface area contributed by atoms with Crippen molar-refractivity contribution in [2.75, 3.05) is 6.61 Å². The van der Waals surface area contributed by atoms with Gasteiger partial charge in [-0.1, -0.05) is 195 Å². The van der Waals surface area contributed by atoms with Crippen molar-refractivity contribution in [3.8, 4) is 0 Å². The molecule has 53 heavy (non-hydrogen) atoms. The summed E-state index contributed by atoms with van der Waals surface area (Å²) >= 11 is 0. The van der Waals surface area contributed by atoms with Crippen LogP contribution in [0.4, 0.5) is 0 Å². The minimum Gasteiger partial charge on any atom is -0.394 e. The molecule has 0 aliphatic carbocycles. The Morgan fingerprint density at radius 1 is 0.472 bits per heavy atom. The maximum atomic E-state index is 12.4. The lowest BCUT2D eigenvalue weighted by atomic mass is 10.0. The molecule has 0 heterocycles. The number of nitrogens with one attached hydrogen (secondary N) is 1. The van der Waals surface area contributed by atoms with E-state index in [9.17, 15) is 15.0 Å². The van der Waals surface area contributed by atoms with E-state index in [0.717, 1.165) is 77.0 Å². The lowest BCUT2D eigenvalue weighted by Gasteiger charge is -2.19. The van der Waals surface area contributed by atoms with Gasteiger partial charge in [0.1, 0.15) is 0 Å². The zero-order valence-electron chi connectivity index (χ0n) is 34.5. The van der Waals surface area contributed by atoms with Gasteiger partial charge in [0.2, 0.25) is 5.91 Å². The van der Waals surface area contributed by atoms with E-state index in [1.165, 1.54) is 89.9 Å². The number of rotatable bonds is 38. The molecule has 0 bridgehead atoms. The van der Waals surface area contributed by atoms with Crippen LogP contribution in [-0.2, 0) is 4.79 Å². The summed E-state index contributed by atoms with van der Waals surface area (Å²) in [6.45, 7) is 4.15. The first-order chi connectivity index (χ1) is 26.2. The number of hydrogen-bond acceptors (Lipinski definition) is 3. The van der Waals surface area contributed by atoms with Gasteiger partial charge in [0.15, 0.2) is 0 Å². The molecule has 4 heteroatoms. The van der Waals surface area contributed by atoms with Gasteiger partial charge < -0.3 is 15.5 Å². The van der Waals surface area contributed by atoms with Gasteiger partial charge in [0, 0.05) is 6.42 Å². The largest absolute Gasteiger partial charge is 0.394 e. The Hall–Kier alpha value is -2.69. The average Bonchev–Trinajstić information content (AvgIpc) is 3.16. The number of allylic oxidation sites excluding steroid dienone is 15. The third-order valence-corrected chi connectivity index (χ3v) is 9.30. The molecule has 4 nitrogen and oxygen atoms in total. The molecule has 0 aromatic carbocycles. The Balaban J connectivity index is 3.75. The lowest BCUT2D eigenvalue weighted by molar-refractivity contribution is -0.123. The van der Waals surface area contributed by atoms with Crippen LogP contribution in [0.5, 0.6) is 0 Å². The maximum Gasteiger partial charge on any atom is 0.220 e. The summed E-state index contributed by atoms with van der Waals surface area (Å²) in [4.78, 5) is 12.4. The second-order valence-corrected chi connectivity index (χ2v) is 14.4. The van der Waals surface area contributed by atoms with Crippen LogP contribution in [0.1, 0.15) is 187 Å². The third-order valence-electron chi connectivity index (χ3n) is 9.30. The minimum absolute atomic E-state index is 0.120. The fourth-order valence-corrected chi connectivity index (χ4v) is 5.96. The van der Waals surface area contributed by atoms with Crippen molar-refractivity contribution in [2.24, 2.45) is 0 Å². The van der Waals surface area contributed by atoms with Gasteiger partial charge in [-0.05, 0) is 83.5 Å². The van der Waals surface area contributed by atoms with E-state index < -0.39 is 12.1 Å². The number of carbonyl (C=O) groups is 1. The van der Waals surface area contributed by atoms with Gasteiger partial charge in [-0.15, -0.1) is 0 Å². The summed E-state index contributed by atoms with van der Waals surface area (Å²) in [5.41, 5.74) is 0. The summed E-state index contributed by atoms with van der Waals surface area (Å²) < 4.78 is 0. The summed E-state index contributed by atoms with van der Waals surface area (Å²) in [5, 5.41) is 23.0. The summed E-state index contributed by atoms with van der Waals surface area (Å²) in [6.07, 6.45) is 65.1. The van der Waals surface area contributed by atoms with Gasteiger partial charge in [-0.2, -0.15) is 0 Å². The van der Waals surface area contributed by atoms with Crippen LogP contribution in [0.2, 0.25) is 0 Å². The quantitative estimate of drug-likeness (QED) is 0.0437. The average molecular weight is 734 g/mol. The van der Waals surface area contributed by atoms with Crippen molar-refractivity contribution in [3.63, 3.8) is 0 Å². The van der Waals surface area contributed by atoms with Gasteiger partial charge in [0.25, 0.3) is 0 Å². The van der Waals surface area contributed by atoms with Crippen molar-refractivity contribution in [2.45, 2.75) is 199 Å². The van der Waals surface area contributed by atoms with E-state index in [1.807, 2.05) is 6.08 Å². The molecule has 0 aliphatic heterocycles. The monoisotopic (exact) mass is 734 g/mol. The molecule has 0 fully saturated rings. The predicted molar refractivity (Wildman–Crippen MR) is 234 cm³/mol. The van der Waals surface area contributed by atoms with E-state index >= 15 is 0 Å². The second-order valence-electron chi connectivity index (χ2n) is 14.4. The molecular weight excluding hydrogens is 651 g/mol. The van der Waals surface area contributed by atoms with Crippen LogP contribution in [0.25, 0.3) is 0 Å². The second kappa shape index (κ2) is 43.7. The topological polar surface area (TPSA) is 69.6 Å². The normalized spacial score (nSPS) is 14.0. The molecule has 0 saturated heterocycles. The molecule has 2 atom stereocenters. The SMILES string of the molecule is CC/C=C\C/C=C\C/C=C\C/C=C\C/C=C\C/C=C\CCCCC(=O)NC(CO)C(O)/C=C/CC/C=C/CCCCCCCCCCCCCCCC. The van der Waals surface area contributed by atoms with Crippen molar-refractivity contribution in [3.05, 3.63) is 97.2 Å². The number of unbranched alkanes of at least 4 members (excludes halogenated alkanes) is 17. The lowest BCUT2D eigenvalue weighted by Crippen LogP contribution is -2.45. The first-order valence-corrected chi connectivity index (χ1v) is 22.0. The van der Waals surface area contributed by atoms with Gasteiger partial charge in [-0.3, -0.25) is 4.79 Å². The zero-order valence-corrected chi connectivity index (χ0v) is 34.5. The van der Waals surface area contributed by atoms with Crippen LogP contribution in [0.3, 0.4) is 0 Å². The fourth-order valence-electron chi connectivity index (χ4n) is 5.96. The Morgan fingerprint density at radius 3 is 1.32 bits per heavy atom. The summed E-state index contributed by atoms with van der Waals surface area (Å²) in [6, 6.07) is -0.669. The van der Waals surface area contributed by atoms with Crippen LogP contribution in [0, 0.1) is 0 Å². The van der Waals surface area contributed by atoms with Crippen molar-refractivity contribution < 1.29 is 15.0 Å². The molecule has 2 unspecified atom stereocenters. The Bertz CT molecular complexity index is 1010. The first kappa shape index (κ1) is 50.3. The smallest absolute Gasteiger partial charge is 0.220 e. The van der Waals surface area contributed by atoms with Crippen LogP contribution >= 0.6 is 0 Å².